The van der Waals surface area contributed by atoms with Crippen molar-refractivity contribution in [1.29, 1.82) is 0 Å². The fourth-order valence-corrected chi connectivity index (χ4v) is 2.74. The smallest absolute Gasteiger partial charge is 0.329 e. The molecular formula is C14H18N2O3. The van der Waals surface area contributed by atoms with Gasteiger partial charge >= 0.3 is 5.97 Å². The van der Waals surface area contributed by atoms with Crippen molar-refractivity contribution in [2.45, 2.75) is 38.6 Å². The van der Waals surface area contributed by atoms with E-state index >= 15 is 0 Å². The number of pyridine rings is 1. The third-order valence-corrected chi connectivity index (χ3v) is 3.84. The Morgan fingerprint density at radius 1 is 1.47 bits per heavy atom. The number of amides is 1. The van der Waals surface area contributed by atoms with Crippen molar-refractivity contribution < 1.29 is 14.7 Å². The van der Waals surface area contributed by atoms with E-state index in [4.69, 9.17) is 0 Å². The molecule has 0 aromatic carbocycles. The van der Waals surface area contributed by atoms with Gasteiger partial charge < -0.3 is 10.0 Å². The summed E-state index contributed by atoms with van der Waals surface area (Å²) < 4.78 is 0. The largest absolute Gasteiger partial charge is 0.479 e. The van der Waals surface area contributed by atoms with Crippen molar-refractivity contribution in [3.8, 4) is 0 Å². The van der Waals surface area contributed by atoms with Crippen molar-refractivity contribution in [2.24, 2.45) is 0 Å². The zero-order valence-corrected chi connectivity index (χ0v) is 11.2. The molecule has 5 nitrogen and oxygen atoms in total. The zero-order valence-electron chi connectivity index (χ0n) is 11.2. The van der Waals surface area contributed by atoms with Crippen molar-refractivity contribution in [1.82, 2.24) is 9.88 Å². The fourth-order valence-electron chi connectivity index (χ4n) is 2.74. The topological polar surface area (TPSA) is 70.5 Å². The average molecular weight is 262 g/mol. The molecule has 1 aliphatic rings. The van der Waals surface area contributed by atoms with Gasteiger partial charge in [-0.3, -0.25) is 9.78 Å². The fraction of sp³-hybridized carbons (Fsp3) is 0.500. The minimum absolute atomic E-state index is 0.238. The predicted octanol–water partition coefficient (Wildman–Crippen LogP) is 1.86. The molecule has 1 aromatic heterocycles. The molecule has 19 heavy (non-hydrogen) atoms. The number of carboxylic acid groups (broad SMARTS) is 1. The quantitative estimate of drug-likeness (QED) is 0.902. The van der Waals surface area contributed by atoms with Crippen LogP contribution in [-0.4, -0.2) is 39.0 Å². The Morgan fingerprint density at radius 3 is 2.79 bits per heavy atom. The number of aryl methyl sites for hydroxylation is 1. The van der Waals surface area contributed by atoms with E-state index in [9.17, 15) is 14.7 Å². The number of rotatable bonds is 3. The first-order valence-electron chi connectivity index (χ1n) is 6.48. The Kier molecular flexibility index (Phi) is 3.55. The highest BCUT2D eigenvalue weighted by atomic mass is 16.4. The highest BCUT2D eigenvalue weighted by Crippen LogP contribution is 2.34. The second-order valence-corrected chi connectivity index (χ2v) is 5.00. The number of likely N-dealkylation sites (tertiary alicyclic amines) is 1. The second kappa shape index (κ2) is 4.99. The number of nitrogens with zero attached hydrogens (tertiary/aromatic N) is 2. The minimum atomic E-state index is -1.05. The van der Waals surface area contributed by atoms with E-state index < -0.39 is 11.5 Å². The molecule has 1 saturated heterocycles. The summed E-state index contributed by atoms with van der Waals surface area (Å²) in [6.07, 6.45) is 4.84. The van der Waals surface area contributed by atoms with Crippen LogP contribution in [0, 0.1) is 6.92 Å². The predicted molar refractivity (Wildman–Crippen MR) is 69.9 cm³/mol. The third-order valence-electron chi connectivity index (χ3n) is 3.84. The lowest BCUT2D eigenvalue weighted by Crippen LogP contribution is -2.52. The van der Waals surface area contributed by atoms with E-state index in [1.165, 1.54) is 11.1 Å². The number of carboxylic acids is 1. The summed E-state index contributed by atoms with van der Waals surface area (Å²) in [6, 6.07) is 1.75. The van der Waals surface area contributed by atoms with Gasteiger partial charge in [0.05, 0.1) is 5.56 Å². The Balaban J connectivity index is 2.35. The highest BCUT2D eigenvalue weighted by molar-refractivity contribution is 5.98. The first kappa shape index (κ1) is 13.5. The molecule has 102 valence electrons. The van der Waals surface area contributed by atoms with Gasteiger partial charge in [0.1, 0.15) is 5.54 Å². The summed E-state index contributed by atoms with van der Waals surface area (Å²) in [6.45, 7) is 4.17. The highest BCUT2D eigenvalue weighted by Gasteiger charge is 2.48. The zero-order chi connectivity index (χ0) is 14.0. The lowest BCUT2D eigenvalue weighted by atomic mass is 9.92. The molecule has 5 heteroatoms. The SMILES string of the molecule is CCC1(C(=O)O)CCCN1C(=O)c1cncc(C)c1. The molecule has 1 aliphatic heterocycles. The van der Waals surface area contributed by atoms with Crippen molar-refractivity contribution in [2.75, 3.05) is 6.54 Å². The molecule has 2 rings (SSSR count). The Labute approximate surface area is 112 Å². The van der Waals surface area contributed by atoms with Crippen LogP contribution >= 0.6 is 0 Å². The summed E-state index contributed by atoms with van der Waals surface area (Å²) in [5, 5.41) is 9.48. The van der Waals surface area contributed by atoms with E-state index in [1.807, 2.05) is 13.8 Å². The molecule has 1 aromatic rings. The van der Waals surface area contributed by atoms with Crippen LogP contribution in [0.1, 0.15) is 42.1 Å². The Bertz CT molecular complexity index is 515. The molecule has 0 radical (unpaired) electrons. The number of aromatic nitrogens is 1. The normalized spacial score (nSPS) is 22.5. The Hall–Kier alpha value is -1.91. The van der Waals surface area contributed by atoms with Gasteiger partial charge in [0.15, 0.2) is 0 Å². The van der Waals surface area contributed by atoms with Crippen LogP contribution in [0.25, 0.3) is 0 Å². The van der Waals surface area contributed by atoms with Gasteiger partial charge in [-0.05, 0) is 37.8 Å². The second-order valence-electron chi connectivity index (χ2n) is 5.00. The number of carbonyl (C=O) groups excluding carboxylic acids is 1. The minimum Gasteiger partial charge on any atom is -0.479 e. The molecule has 1 N–H and O–H groups in total. The maximum Gasteiger partial charge on any atom is 0.329 e. The van der Waals surface area contributed by atoms with Gasteiger partial charge in [0, 0.05) is 18.9 Å². The summed E-state index contributed by atoms with van der Waals surface area (Å²) in [5.41, 5.74) is 0.296. The van der Waals surface area contributed by atoms with E-state index in [2.05, 4.69) is 4.98 Å². The standard InChI is InChI=1S/C14H18N2O3/c1-3-14(13(18)19)5-4-6-16(14)12(17)11-7-10(2)8-15-9-11/h7-9H,3-6H2,1-2H3,(H,18,19). The van der Waals surface area contributed by atoms with Crippen LogP contribution in [-0.2, 0) is 4.79 Å². The first-order chi connectivity index (χ1) is 9.01. The molecular weight excluding hydrogens is 244 g/mol. The lowest BCUT2D eigenvalue weighted by Gasteiger charge is -2.33. The van der Waals surface area contributed by atoms with Crippen molar-refractivity contribution >= 4 is 11.9 Å². The maximum atomic E-state index is 12.5. The van der Waals surface area contributed by atoms with Gasteiger partial charge in [-0.2, -0.15) is 0 Å². The third kappa shape index (κ3) is 2.20. The molecule has 0 bridgehead atoms. The van der Waals surface area contributed by atoms with Crippen molar-refractivity contribution in [3.05, 3.63) is 29.6 Å². The van der Waals surface area contributed by atoms with E-state index in [0.717, 1.165) is 12.0 Å². The lowest BCUT2D eigenvalue weighted by molar-refractivity contribution is -0.148. The van der Waals surface area contributed by atoms with Crippen LogP contribution in [0.4, 0.5) is 0 Å². The number of hydrogen-bond acceptors (Lipinski definition) is 3. The Morgan fingerprint density at radius 2 is 2.21 bits per heavy atom. The molecule has 0 spiro atoms. The van der Waals surface area contributed by atoms with Crippen LogP contribution in [0.15, 0.2) is 18.5 Å². The van der Waals surface area contributed by atoms with E-state index in [1.54, 1.807) is 12.3 Å². The number of aliphatic carboxylic acids is 1. The molecule has 0 aliphatic carbocycles. The van der Waals surface area contributed by atoms with Crippen molar-refractivity contribution in [3.63, 3.8) is 0 Å². The van der Waals surface area contributed by atoms with Gasteiger partial charge in [0.25, 0.3) is 5.91 Å². The molecule has 0 saturated carbocycles. The molecule has 1 amide bonds. The molecule has 1 unspecified atom stereocenters. The molecule has 1 fully saturated rings. The van der Waals surface area contributed by atoms with Gasteiger partial charge in [-0.15, -0.1) is 0 Å². The first-order valence-corrected chi connectivity index (χ1v) is 6.48. The summed E-state index contributed by atoms with van der Waals surface area (Å²) >= 11 is 0. The average Bonchev–Trinajstić information content (AvgIpc) is 2.82. The van der Waals surface area contributed by atoms with E-state index in [-0.39, 0.29) is 5.91 Å². The molecule has 2 heterocycles. The van der Waals surface area contributed by atoms with Gasteiger partial charge in [0.2, 0.25) is 0 Å². The van der Waals surface area contributed by atoms with Crippen LogP contribution in [0.5, 0.6) is 0 Å². The monoisotopic (exact) mass is 262 g/mol. The van der Waals surface area contributed by atoms with Crippen LogP contribution < -0.4 is 0 Å². The summed E-state index contributed by atoms with van der Waals surface area (Å²) in [4.78, 5) is 29.6. The molecule has 1 atom stereocenters. The summed E-state index contributed by atoms with van der Waals surface area (Å²) in [7, 11) is 0. The van der Waals surface area contributed by atoms with Crippen LogP contribution in [0.3, 0.4) is 0 Å². The van der Waals surface area contributed by atoms with Crippen LogP contribution in [0.2, 0.25) is 0 Å². The van der Waals surface area contributed by atoms with Gasteiger partial charge in [-0.1, -0.05) is 6.92 Å². The summed E-state index contributed by atoms with van der Waals surface area (Å²) in [5.74, 6) is -1.15. The number of hydrogen-bond donors (Lipinski definition) is 1. The van der Waals surface area contributed by atoms with Gasteiger partial charge in [-0.25, -0.2) is 4.79 Å². The van der Waals surface area contributed by atoms with E-state index in [0.29, 0.717) is 24.9 Å². The maximum absolute atomic E-state index is 12.5. The number of carbonyl (C=O) groups is 2.